The van der Waals surface area contributed by atoms with Gasteiger partial charge in [0.2, 0.25) is 0 Å². The maximum Gasteiger partial charge on any atom is 0.416 e. The van der Waals surface area contributed by atoms with Crippen molar-refractivity contribution >= 4 is 23.2 Å². The van der Waals surface area contributed by atoms with Crippen LogP contribution in [0.4, 0.5) is 29.3 Å². The molecule has 9 heteroatoms. The molecule has 0 saturated carbocycles. The Morgan fingerprint density at radius 3 is 2.19 bits per heavy atom. The van der Waals surface area contributed by atoms with Crippen LogP contribution in [0.15, 0.2) is 36.4 Å². The molecule has 6 nitrogen and oxygen atoms in total. The van der Waals surface area contributed by atoms with Gasteiger partial charge in [0.1, 0.15) is 11.5 Å². The van der Waals surface area contributed by atoms with Crippen molar-refractivity contribution in [3.8, 4) is 11.5 Å². The number of halogens is 3. The zero-order valence-corrected chi connectivity index (χ0v) is 13.8. The number of hydrogen-bond acceptors (Lipinski definition) is 4. The third-order valence-corrected chi connectivity index (χ3v) is 3.42. The van der Waals surface area contributed by atoms with Gasteiger partial charge in [0.25, 0.3) is 0 Å². The topological polar surface area (TPSA) is 87.7 Å². The van der Waals surface area contributed by atoms with Crippen molar-refractivity contribution in [2.45, 2.75) is 13.1 Å². The van der Waals surface area contributed by atoms with Crippen molar-refractivity contribution in [1.82, 2.24) is 0 Å². The summed E-state index contributed by atoms with van der Waals surface area (Å²) in [5, 5.41) is 14.5. The Labute approximate surface area is 146 Å². The Kier molecular flexibility index (Phi) is 5.39. The highest BCUT2D eigenvalue weighted by Crippen LogP contribution is 2.33. The third kappa shape index (κ3) is 4.44. The van der Waals surface area contributed by atoms with Crippen LogP contribution in [0.25, 0.3) is 0 Å². The number of methoxy groups -OCH3 is 1. The van der Waals surface area contributed by atoms with Gasteiger partial charge in [0.15, 0.2) is 5.78 Å². The van der Waals surface area contributed by atoms with E-state index in [1.165, 1.54) is 26.2 Å². The SMILES string of the molecule is COc1cc(O)c(C(C)=O)cc1NC(=O)Nc1ccc(C(F)(F)F)cc1. The molecule has 0 unspecified atom stereocenters. The number of urea groups is 1. The zero-order valence-electron chi connectivity index (χ0n) is 13.8. The molecule has 0 aliphatic rings. The lowest BCUT2D eigenvalue weighted by Gasteiger charge is -2.14. The smallest absolute Gasteiger partial charge is 0.416 e. The number of hydrogen-bond donors (Lipinski definition) is 3. The number of benzene rings is 2. The fourth-order valence-electron chi connectivity index (χ4n) is 2.14. The van der Waals surface area contributed by atoms with E-state index < -0.39 is 23.6 Å². The van der Waals surface area contributed by atoms with Crippen molar-refractivity contribution in [3.63, 3.8) is 0 Å². The van der Waals surface area contributed by atoms with Crippen molar-refractivity contribution in [2.75, 3.05) is 17.7 Å². The van der Waals surface area contributed by atoms with Gasteiger partial charge in [-0.25, -0.2) is 4.79 Å². The molecule has 0 aliphatic carbocycles. The molecular weight excluding hydrogens is 353 g/mol. The van der Waals surface area contributed by atoms with Crippen LogP contribution in [-0.2, 0) is 6.18 Å². The molecule has 2 rings (SSSR count). The minimum atomic E-state index is -4.47. The van der Waals surface area contributed by atoms with E-state index in [1.54, 1.807) is 0 Å². The molecule has 2 amide bonds. The number of rotatable bonds is 4. The summed E-state index contributed by atoms with van der Waals surface area (Å²) in [6.07, 6.45) is -4.47. The number of ketones is 1. The first kappa shape index (κ1) is 19.1. The lowest BCUT2D eigenvalue weighted by Crippen LogP contribution is -2.20. The van der Waals surface area contributed by atoms with Gasteiger partial charge in [-0.1, -0.05) is 0 Å². The van der Waals surface area contributed by atoms with Crippen molar-refractivity contribution in [1.29, 1.82) is 0 Å². The molecule has 0 fully saturated rings. The molecule has 0 radical (unpaired) electrons. The van der Waals surface area contributed by atoms with Crippen LogP contribution < -0.4 is 15.4 Å². The van der Waals surface area contributed by atoms with Gasteiger partial charge in [0, 0.05) is 11.8 Å². The highest BCUT2D eigenvalue weighted by Gasteiger charge is 2.30. The average Bonchev–Trinajstić information content (AvgIpc) is 2.55. The van der Waals surface area contributed by atoms with Crippen molar-refractivity contribution in [2.24, 2.45) is 0 Å². The molecule has 0 atom stereocenters. The first-order valence-electron chi connectivity index (χ1n) is 7.29. The molecule has 0 heterocycles. The number of phenolic OH excluding ortho intramolecular Hbond substituents is 1. The average molecular weight is 368 g/mol. The second kappa shape index (κ2) is 7.34. The van der Waals surface area contributed by atoms with Gasteiger partial charge in [0.05, 0.1) is 23.9 Å². The molecule has 2 aromatic carbocycles. The monoisotopic (exact) mass is 368 g/mol. The Bertz CT molecular complexity index is 833. The van der Waals surface area contributed by atoms with Crippen LogP contribution in [0, 0.1) is 0 Å². The van der Waals surface area contributed by atoms with E-state index in [2.05, 4.69) is 10.6 Å². The van der Waals surface area contributed by atoms with E-state index in [-0.39, 0.29) is 28.4 Å². The summed E-state index contributed by atoms with van der Waals surface area (Å²) in [5.74, 6) is -0.616. The summed E-state index contributed by atoms with van der Waals surface area (Å²) < 4.78 is 42.6. The minimum absolute atomic E-state index is 0.0179. The summed E-state index contributed by atoms with van der Waals surface area (Å²) in [7, 11) is 1.31. The van der Waals surface area contributed by atoms with E-state index in [0.717, 1.165) is 24.3 Å². The predicted molar refractivity (Wildman–Crippen MR) is 88.7 cm³/mol. The maximum absolute atomic E-state index is 12.5. The Morgan fingerprint density at radius 2 is 1.69 bits per heavy atom. The first-order valence-corrected chi connectivity index (χ1v) is 7.29. The Morgan fingerprint density at radius 1 is 1.08 bits per heavy atom. The van der Waals surface area contributed by atoms with E-state index in [1.807, 2.05) is 0 Å². The van der Waals surface area contributed by atoms with Crippen LogP contribution in [-0.4, -0.2) is 24.0 Å². The number of nitrogens with one attached hydrogen (secondary N) is 2. The maximum atomic E-state index is 12.5. The molecule has 0 spiro atoms. The number of Topliss-reactive ketones (excluding diaryl/α,β-unsaturated/α-hetero) is 1. The standard InChI is InChI=1S/C17H15F3N2O4/c1-9(23)12-7-13(15(26-2)8-14(12)24)22-16(25)21-11-5-3-10(4-6-11)17(18,19)20/h3-8,24H,1-2H3,(H2,21,22,25). The number of alkyl halides is 3. The van der Waals surface area contributed by atoms with E-state index in [0.29, 0.717) is 0 Å². The Hall–Kier alpha value is -3.23. The minimum Gasteiger partial charge on any atom is -0.507 e. The van der Waals surface area contributed by atoms with Crippen LogP contribution in [0.5, 0.6) is 11.5 Å². The van der Waals surface area contributed by atoms with Gasteiger partial charge >= 0.3 is 12.2 Å². The molecule has 0 aromatic heterocycles. The van der Waals surface area contributed by atoms with Crippen molar-refractivity contribution < 1.29 is 32.6 Å². The third-order valence-electron chi connectivity index (χ3n) is 3.42. The lowest BCUT2D eigenvalue weighted by molar-refractivity contribution is -0.137. The van der Waals surface area contributed by atoms with Crippen molar-refractivity contribution in [3.05, 3.63) is 47.5 Å². The highest BCUT2D eigenvalue weighted by molar-refractivity contribution is 6.03. The number of phenols is 1. The fraction of sp³-hybridized carbons (Fsp3) is 0.176. The fourth-order valence-corrected chi connectivity index (χ4v) is 2.14. The van der Waals surface area contributed by atoms with Crippen LogP contribution in [0.2, 0.25) is 0 Å². The molecule has 26 heavy (non-hydrogen) atoms. The second-order valence-corrected chi connectivity index (χ2v) is 5.28. The number of anilines is 2. The van der Waals surface area contributed by atoms with Gasteiger partial charge in [-0.05, 0) is 37.3 Å². The number of carbonyl (C=O) groups is 2. The Balaban J connectivity index is 2.17. The molecule has 0 saturated heterocycles. The van der Waals surface area contributed by atoms with E-state index in [9.17, 15) is 27.9 Å². The van der Waals surface area contributed by atoms with Crippen LogP contribution >= 0.6 is 0 Å². The first-order chi connectivity index (χ1) is 12.1. The lowest BCUT2D eigenvalue weighted by atomic mass is 10.1. The molecule has 3 N–H and O–H groups in total. The van der Waals surface area contributed by atoms with Crippen LogP contribution in [0.1, 0.15) is 22.8 Å². The largest absolute Gasteiger partial charge is 0.507 e. The van der Waals surface area contributed by atoms with Gasteiger partial charge in [-0.2, -0.15) is 13.2 Å². The van der Waals surface area contributed by atoms with Gasteiger partial charge in [-0.3, -0.25) is 4.79 Å². The molecule has 2 aromatic rings. The molecular formula is C17H15F3N2O4. The predicted octanol–water partition coefficient (Wildman–Crippen LogP) is 4.27. The summed E-state index contributed by atoms with van der Waals surface area (Å²) >= 11 is 0. The normalized spacial score (nSPS) is 11.0. The number of carbonyl (C=O) groups excluding carboxylic acids is 2. The summed E-state index contributed by atoms with van der Waals surface area (Å²) in [5.41, 5.74) is -0.606. The zero-order chi connectivity index (χ0) is 19.5. The van der Waals surface area contributed by atoms with Gasteiger partial charge < -0.3 is 20.5 Å². The number of amides is 2. The number of ether oxygens (including phenoxy) is 1. The van der Waals surface area contributed by atoms with E-state index >= 15 is 0 Å². The summed E-state index contributed by atoms with van der Waals surface area (Å²) in [6, 6.07) is 5.54. The molecule has 0 bridgehead atoms. The molecule has 0 aliphatic heterocycles. The van der Waals surface area contributed by atoms with E-state index in [4.69, 9.17) is 4.74 Å². The quantitative estimate of drug-likeness (QED) is 0.556. The summed E-state index contributed by atoms with van der Waals surface area (Å²) in [6.45, 7) is 1.24. The molecule has 138 valence electrons. The summed E-state index contributed by atoms with van der Waals surface area (Å²) in [4.78, 5) is 23.5. The van der Waals surface area contributed by atoms with Crippen LogP contribution in [0.3, 0.4) is 0 Å². The second-order valence-electron chi connectivity index (χ2n) is 5.28. The number of aromatic hydroxyl groups is 1. The highest BCUT2D eigenvalue weighted by atomic mass is 19.4. The van der Waals surface area contributed by atoms with Gasteiger partial charge in [-0.15, -0.1) is 0 Å².